The Morgan fingerprint density at radius 2 is 2.04 bits per heavy atom. The summed E-state index contributed by atoms with van der Waals surface area (Å²) in [5.41, 5.74) is 2.04. The van der Waals surface area contributed by atoms with Gasteiger partial charge in [0.1, 0.15) is 11.8 Å². The fourth-order valence-corrected chi connectivity index (χ4v) is 2.80. The van der Waals surface area contributed by atoms with Crippen molar-refractivity contribution in [2.24, 2.45) is 5.92 Å². The molecule has 1 atom stereocenters. The average molecular weight is 376 g/mol. The quantitative estimate of drug-likeness (QED) is 0.731. The predicted octanol–water partition coefficient (Wildman–Crippen LogP) is 1.60. The first-order valence-corrected chi connectivity index (χ1v) is 9.21. The van der Waals surface area contributed by atoms with Gasteiger partial charge in [0.2, 0.25) is 5.91 Å². The molecule has 0 bridgehead atoms. The van der Waals surface area contributed by atoms with Crippen LogP contribution in [0.5, 0.6) is 5.75 Å². The van der Waals surface area contributed by atoms with E-state index in [1.54, 1.807) is 6.07 Å². The first-order chi connectivity index (χ1) is 12.8. The van der Waals surface area contributed by atoms with Crippen LogP contribution in [-0.2, 0) is 19.1 Å². The van der Waals surface area contributed by atoms with E-state index in [1.165, 1.54) is 4.90 Å². The Hall–Kier alpha value is -2.57. The topological polar surface area (TPSA) is 84.9 Å². The van der Waals surface area contributed by atoms with Gasteiger partial charge in [-0.3, -0.25) is 14.4 Å². The molecular weight excluding hydrogens is 348 g/mol. The summed E-state index contributed by atoms with van der Waals surface area (Å²) in [5, 5.41) is 2.70. The summed E-state index contributed by atoms with van der Waals surface area (Å²) in [5.74, 6) is -0.315. The van der Waals surface area contributed by atoms with Crippen molar-refractivity contribution in [1.29, 1.82) is 0 Å². The number of hydrogen-bond donors (Lipinski definition) is 1. The highest BCUT2D eigenvalue weighted by Gasteiger charge is 2.35. The number of hydrogen-bond acceptors (Lipinski definition) is 5. The summed E-state index contributed by atoms with van der Waals surface area (Å²) >= 11 is 0. The minimum atomic E-state index is -0.867. The second-order valence-corrected chi connectivity index (χ2v) is 7.16. The largest absolute Gasteiger partial charge is 0.483 e. The van der Waals surface area contributed by atoms with Crippen molar-refractivity contribution in [3.63, 3.8) is 0 Å². The normalized spacial score (nSPS) is 16.9. The zero-order valence-electron chi connectivity index (χ0n) is 16.4. The number of aryl methyl sites for hydroxylation is 1. The first kappa shape index (κ1) is 20.7. The van der Waals surface area contributed by atoms with Gasteiger partial charge in [0, 0.05) is 13.1 Å². The molecule has 2 rings (SSSR count). The molecule has 0 spiro atoms. The van der Waals surface area contributed by atoms with Crippen LogP contribution in [0.3, 0.4) is 0 Å². The van der Waals surface area contributed by atoms with Crippen molar-refractivity contribution < 1.29 is 23.9 Å². The van der Waals surface area contributed by atoms with Gasteiger partial charge in [-0.05, 0) is 37.0 Å². The van der Waals surface area contributed by atoms with Gasteiger partial charge in [-0.15, -0.1) is 0 Å². The Balaban J connectivity index is 1.99. The third-order valence-electron chi connectivity index (χ3n) is 4.49. The number of nitrogens with zero attached hydrogens (tertiary/aromatic N) is 1. The van der Waals surface area contributed by atoms with Crippen LogP contribution < -0.4 is 10.1 Å². The maximum Gasteiger partial charge on any atom is 0.308 e. The van der Waals surface area contributed by atoms with E-state index in [4.69, 9.17) is 9.47 Å². The Bertz CT molecular complexity index is 702. The van der Waals surface area contributed by atoms with Crippen LogP contribution in [0.2, 0.25) is 0 Å². The molecule has 0 radical (unpaired) electrons. The van der Waals surface area contributed by atoms with Crippen molar-refractivity contribution >= 4 is 17.8 Å². The van der Waals surface area contributed by atoms with E-state index < -0.39 is 12.0 Å². The highest BCUT2D eigenvalue weighted by Crippen LogP contribution is 2.21. The van der Waals surface area contributed by atoms with Crippen molar-refractivity contribution in [1.82, 2.24) is 10.2 Å². The molecule has 1 unspecified atom stereocenters. The van der Waals surface area contributed by atoms with Gasteiger partial charge in [-0.2, -0.15) is 0 Å². The fraction of sp³-hybridized carbons (Fsp3) is 0.550. The van der Waals surface area contributed by atoms with E-state index in [9.17, 15) is 14.4 Å². The lowest BCUT2D eigenvalue weighted by atomic mass is 10.1. The molecule has 0 aliphatic carbocycles. The summed E-state index contributed by atoms with van der Waals surface area (Å²) in [4.78, 5) is 38.3. The number of piperazine rings is 1. The molecule has 1 N–H and O–H groups in total. The summed E-state index contributed by atoms with van der Waals surface area (Å²) < 4.78 is 10.8. The Labute approximate surface area is 160 Å². The number of esters is 1. The molecule has 7 nitrogen and oxygen atoms in total. The van der Waals surface area contributed by atoms with E-state index in [2.05, 4.69) is 5.32 Å². The Morgan fingerprint density at radius 1 is 1.30 bits per heavy atom. The van der Waals surface area contributed by atoms with Crippen LogP contribution in [0.15, 0.2) is 18.2 Å². The monoisotopic (exact) mass is 376 g/mol. The maximum absolute atomic E-state index is 12.6. The van der Waals surface area contributed by atoms with Crippen LogP contribution in [0.25, 0.3) is 0 Å². The third kappa shape index (κ3) is 5.70. The molecule has 1 saturated heterocycles. The molecular formula is C20H28N2O5. The van der Waals surface area contributed by atoms with Gasteiger partial charge in [-0.25, -0.2) is 0 Å². The summed E-state index contributed by atoms with van der Waals surface area (Å²) in [6.45, 7) is 8.55. The van der Waals surface area contributed by atoms with Gasteiger partial charge in [0.05, 0.1) is 13.0 Å². The van der Waals surface area contributed by atoms with Gasteiger partial charge in [0.25, 0.3) is 5.91 Å². The molecule has 0 aromatic heterocycles. The molecule has 1 fully saturated rings. The van der Waals surface area contributed by atoms with Gasteiger partial charge in [-0.1, -0.05) is 26.0 Å². The zero-order valence-corrected chi connectivity index (χ0v) is 16.4. The Morgan fingerprint density at radius 3 is 2.74 bits per heavy atom. The zero-order chi connectivity index (χ0) is 20.0. The van der Waals surface area contributed by atoms with Crippen molar-refractivity contribution in [2.75, 3.05) is 26.3 Å². The summed E-state index contributed by atoms with van der Waals surface area (Å²) in [6.07, 6.45) is -0.159. The lowest BCUT2D eigenvalue weighted by Gasteiger charge is -2.34. The fourth-order valence-electron chi connectivity index (χ4n) is 2.80. The lowest BCUT2D eigenvalue weighted by molar-refractivity contribution is -0.153. The number of benzene rings is 1. The molecule has 1 heterocycles. The maximum atomic E-state index is 12.6. The SMILES string of the molecule is Cc1cccc(OCC(=O)N2CCNC(=O)C2CC(=O)OCC(C)C)c1C. The predicted molar refractivity (Wildman–Crippen MR) is 100 cm³/mol. The smallest absolute Gasteiger partial charge is 0.308 e. The number of carbonyl (C=O) groups excluding carboxylic acids is 3. The number of nitrogens with one attached hydrogen (secondary N) is 1. The van der Waals surface area contributed by atoms with Gasteiger partial charge < -0.3 is 19.7 Å². The molecule has 1 aromatic rings. The van der Waals surface area contributed by atoms with Crippen LogP contribution in [0.4, 0.5) is 0 Å². The van der Waals surface area contributed by atoms with Crippen molar-refractivity contribution in [3.8, 4) is 5.75 Å². The number of rotatable bonds is 7. The highest BCUT2D eigenvalue weighted by molar-refractivity contribution is 5.92. The van der Waals surface area contributed by atoms with Crippen LogP contribution >= 0.6 is 0 Å². The number of ether oxygens (including phenoxy) is 2. The van der Waals surface area contributed by atoms with E-state index in [0.717, 1.165) is 11.1 Å². The minimum Gasteiger partial charge on any atom is -0.483 e. The summed E-state index contributed by atoms with van der Waals surface area (Å²) in [7, 11) is 0. The molecule has 148 valence electrons. The second kappa shape index (κ2) is 9.39. The molecule has 1 aliphatic rings. The number of amides is 2. The molecule has 2 amide bonds. The van der Waals surface area contributed by atoms with Gasteiger partial charge in [0.15, 0.2) is 6.61 Å². The van der Waals surface area contributed by atoms with Crippen molar-refractivity contribution in [2.45, 2.75) is 40.2 Å². The van der Waals surface area contributed by atoms with Crippen molar-refractivity contribution in [3.05, 3.63) is 29.3 Å². The number of carbonyl (C=O) groups is 3. The molecule has 1 aromatic carbocycles. The van der Waals surface area contributed by atoms with Crippen LogP contribution in [0, 0.1) is 19.8 Å². The van der Waals surface area contributed by atoms with E-state index in [0.29, 0.717) is 18.8 Å². The van der Waals surface area contributed by atoms with Gasteiger partial charge >= 0.3 is 5.97 Å². The minimum absolute atomic E-state index is 0.159. The lowest BCUT2D eigenvalue weighted by Crippen LogP contribution is -2.58. The highest BCUT2D eigenvalue weighted by atomic mass is 16.5. The molecule has 1 aliphatic heterocycles. The van der Waals surface area contributed by atoms with E-state index in [1.807, 2.05) is 39.8 Å². The molecule has 7 heteroatoms. The molecule has 27 heavy (non-hydrogen) atoms. The second-order valence-electron chi connectivity index (χ2n) is 7.16. The van der Waals surface area contributed by atoms with Crippen LogP contribution in [0.1, 0.15) is 31.4 Å². The average Bonchev–Trinajstić information content (AvgIpc) is 2.62. The summed E-state index contributed by atoms with van der Waals surface area (Å²) in [6, 6.07) is 4.77. The van der Waals surface area contributed by atoms with E-state index in [-0.39, 0.29) is 37.4 Å². The van der Waals surface area contributed by atoms with E-state index >= 15 is 0 Å². The molecule has 0 saturated carbocycles. The first-order valence-electron chi connectivity index (χ1n) is 9.21. The standard InChI is InChI=1S/C20H28N2O5/c1-13(2)11-27-19(24)10-16-20(25)21-8-9-22(16)18(23)12-26-17-7-5-6-14(3)15(17)4/h5-7,13,16H,8-12H2,1-4H3,(H,21,25). The van der Waals surface area contributed by atoms with Crippen LogP contribution in [-0.4, -0.2) is 55.0 Å². The Kier molecular flexibility index (Phi) is 7.21. The third-order valence-corrected chi connectivity index (χ3v) is 4.49.